The van der Waals surface area contributed by atoms with Crippen LogP contribution in [0, 0.1) is 12.8 Å². The molecule has 0 spiro atoms. The lowest BCUT2D eigenvalue weighted by molar-refractivity contribution is -0.135. The van der Waals surface area contributed by atoms with E-state index in [1.807, 2.05) is 26.1 Å². The van der Waals surface area contributed by atoms with Crippen molar-refractivity contribution in [1.82, 2.24) is 14.7 Å². The Morgan fingerprint density at radius 3 is 2.58 bits per heavy atom. The molecule has 1 atom stereocenters. The van der Waals surface area contributed by atoms with E-state index in [1.54, 1.807) is 9.58 Å². The molecular formula is C12H19N3O3S. The Morgan fingerprint density at radius 2 is 2.05 bits per heavy atom. The van der Waals surface area contributed by atoms with Crippen molar-refractivity contribution >= 4 is 15.7 Å². The molecule has 0 N–H and O–H groups in total. The van der Waals surface area contributed by atoms with Gasteiger partial charge in [0.15, 0.2) is 9.84 Å². The molecule has 1 aromatic rings. The maximum atomic E-state index is 12.2. The number of rotatable bonds is 3. The van der Waals surface area contributed by atoms with Gasteiger partial charge in [0.1, 0.15) is 0 Å². The largest absolute Gasteiger partial charge is 0.340 e. The van der Waals surface area contributed by atoms with Crippen LogP contribution in [0.1, 0.15) is 12.6 Å². The second kappa shape index (κ2) is 5.32. The zero-order chi connectivity index (χ0) is 14.0. The van der Waals surface area contributed by atoms with Gasteiger partial charge in [-0.15, -0.1) is 0 Å². The molecule has 2 heterocycles. The predicted molar refractivity (Wildman–Crippen MR) is 71.4 cm³/mol. The summed E-state index contributed by atoms with van der Waals surface area (Å²) in [5.41, 5.74) is 0.920. The van der Waals surface area contributed by atoms with Crippen molar-refractivity contribution in [2.45, 2.75) is 20.4 Å². The molecule has 0 aliphatic carbocycles. The Morgan fingerprint density at radius 1 is 1.42 bits per heavy atom. The van der Waals surface area contributed by atoms with Crippen LogP contribution in [-0.2, 0) is 21.2 Å². The molecule has 1 fully saturated rings. The number of carbonyl (C=O) groups excluding carboxylic acids is 1. The lowest BCUT2D eigenvalue weighted by Crippen LogP contribution is -2.46. The number of sulfone groups is 1. The number of carbonyl (C=O) groups is 1. The normalized spacial score (nSPS) is 20.2. The Hall–Kier alpha value is -1.37. The van der Waals surface area contributed by atoms with Gasteiger partial charge in [-0.2, -0.15) is 5.10 Å². The van der Waals surface area contributed by atoms with Gasteiger partial charge in [0, 0.05) is 19.3 Å². The lowest BCUT2D eigenvalue weighted by atomic mass is 10.1. The summed E-state index contributed by atoms with van der Waals surface area (Å²) in [5, 5.41) is 4.25. The Labute approximate surface area is 113 Å². The molecule has 19 heavy (non-hydrogen) atoms. The van der Waals surface area contributed by atoms with Gasteiger partial charge in [0.25, 0.3) is 0 Å². The highest BCUT2D eigenvalue weighted by atomic mass is 32.2. The molecule has 106 valence electrons. The van der Waals surface area contributed by atoms with E-state index in [-0.39, 0.29) is 23.3 Å². The third-order valence-electron chi connectivity index (χ3n) is 3.31. The van der Waals surface area contributed by atoms with E-state index < -0.39 is 9.84 Å². The van der Waals surface area contributed by atoms with Crippen LogP contribution in [0.2, 0.25) is 0 Å². The minimum absolute atomic E-state index is 0.00283. The zero-order valence-electron chi connectivity index (χ0n) is 11.2. The van der Waals surface area contributed by atoms with Gasteiger partial charge >= 0.3 is 0 Å². The van der Waals surface area contributed by atoms with Crippen LogP contribution < -0.4 is 0 Å². The molecule has 1 aromatic heterocycles. The van der Waals surface area contributed by atoms with Crippen LogP contribution in [0.4, 0.5) is 0 Å². The first-order valence-electron chi connectivity index (χ1n) is 6.37. The van der Waals surface area contributed by atoms with Crippen LogP contribution in [0.3, 0.4) is 0 Å². The van der Waals surface area contributed by atoms with Crippen molar-refractivity contribution in [3.8, 4) is 0 Å². The van der Waals surface area contributed by atoms with Crippen LogP contribution in [0.15, 0.2) is 12.3 Å². The van der Waals surface area contributed by atoms with E-state index >= 15 is 0 Å². The van der Waals surface area contributed by atoms with Crippen molar-refractivity contribution in [2.24, 2.45) is 5.92 Å². The molecule has 7 heteroatoms. The quantitative estimate of drug-likeness (QED) is 0.788. The predicted octanol–water partition coefficient (Wildman–Crippen LogP) is 0.0846. The Bertz CT molecular complexity index is 551. The molecule has 0 saturated carbocycles. The zero-order valence-corrected chi connectivity index (χ0v) is 12.1. The average Bonchev–Trinajstić information content (AvgIpc) is 2.74. The first kappa shape index (κ1) is 14.0. The van der Waals surface area contributed by atoms with Gasteiger partial charge in [0.2, 0.25) is 5.91 Å². The van der Waals surface area contributed by atoms with E-state index in [1.165, 1.54) is 0 Å². The SMILES string of the molecule is Cc1ccn(C[C@H](C)C(=O)N2CCS(=O)(=O)CC2)n1. The van der Waals surface area contributed by atoms with Crippen LogP contribution in [0.5, 0.6) is 0 Å². The summed E-state index contributed by atoms with van der Waals surface area (Å²) in [5.74, 6) is -0.0401. The maximum Gasteiger partial charge on any atom is 0.227 e. The van der Waals surface area contributed by atoms with E-state index in [9.17, 15) is 13.2 Å². The molecule has 1 saturated heterocycles. The van der Waals surface area contributed by atoms with Gasteiger partial charge < -0.3 is 4.90 Å². The highest BCUT2D eigenvalue weighted by molar-refractivity contribution is 7.91. The minimum Gasteiger partial charge on any atom is -0.340 e. The summed E-state index contributed by atoms with van der Waals surface area (Å²) < 4.78 is 24.4. The number of hydrogen-bond donors (Lipinski definition) is 0. The van der Waals surface area contributed by atoms with Gasteiger partial charge in [-0.1, -0.05) is 6.92 Å². The molecule has 1 aliphatic rings. The third-order valence-corrected chi connectivity index (χ3v) is 4.92. The number of amides is 1. The Kier molecular flexibility index (Phi) is 3.93. The number of hydrogen-bond acceptors (Lipinski definition) is 4. The van der Waals surface area contributed by atoms with Crippen LogP contribution in [0.25, 0.3) is 0 Å². The molecule has 0 radical (unpaired) electrons. The fourth-order valence-corrected chi connectivity index (χ4v) is 3.37. The summed E-state index contributed by atoms with van der Waals surface area (Å²) in [6.07, 6.45) is 1.85. The second-order valence-electron chi connectivity index (χ2n) is 5.06. The van der Waals surface area contributed by atoms with Crippen LogP contribution >= 0.6 is 0 Å². The molecule has 1 aliphatic heterocycles. The second-order valence-corrected chi connectivity index (χ2v) is 7.36. The third kappa shape index (κ3) is 3.56. The summed E-state index contributed by atoms with van der Waals surface area (Å²) in [7, 11) is -2.94. The summed E-state index contributed by atoms with van der Waals surface area (Å²) in [6, 6.07) is 1.89. The highest BCUT2D eigenvalue weighted by Crippen LogP contribution is 2.10. The summed E-state index contributed by atoms with van der Waals surface area (Å²) in [6.45, 7) is 4.89. The van der Waals surface area contributed by atoms with E-state index in [4.69, 9.17) is 0 Å². The average molecular weight is 285 g/mol. The fraction of sp³-hybridized carbons (Fsp3) is 0.667. The summed E-state index contributed by atoms with van der Waals surface area (Å²) >= 11 is 0. The molecule has 1 amide bonds. The standard InChI is InChI=1S/C12H19N3O3S/c1-10(9-15-4-3-11(2)13-15)12(16)14-5-7-19(17,18)8-6-14/h3-4,10H,5-9H2,1-2H3/t10-/m0/s1. The van der Waals surface area contributed by atoms with Crippen molar-refractivity contribution in [3.63, 3.8) is 0 Å². The first-order valence-corrected chi connectivity index (χ1v) is 8.19. The molecule has 6 nitrogen and oxygen atoms in total. The van der Waals surface area contributed by atoms with Gasteiger partial charge in [-0.05, 0) is 13.0 Å². The topological polar surface area (TPSA) is 72.3 Å². The number of aryl methyl sites for hydroxylation is 1. The number of aromatic nitrogens is 2. The molecule has 0 aromatic carbocycles. The van der Waals surface area contributed by atoms with Crippen molar-refractivity contribution in [1.29, 1.82) is 0 Å². The molecule has 2 rings (SSSR count). The van der Waals surface area contributed by atoms with E-state index in [0.717, 1.165) is 5.69 Å². The minimum atomic E-state index is -2.94. The van der Waals surface area contributed by atoms with Gasteiger partial charge in [-0.3, -0.25) is 9.48 Å². The number of nitrogens with zero attached hydrogens (tertiary/aromatic N) is 3. The fourth-order valence-electron chi connectivity index (χ4n) is 2.17. The maximum absolute atomic E-state index is 12.2. The summed E-state index contributed by atoms with van der Waals surface area (Å²) in [4.78, 5) is 13.9. The molecule has 0 bridgehead atoms. The van der Waals surface area contributed by atoms with Gasteiger partial charge in [0.05, 0.1) is 29.7 Å². The Balaban J connectivity index is 1.92. The van der Waals surface area contributed by atoms with Crippen molar-refractivity contribution < 1.29 is 13.2 Å². The first-order chi connectivity index (χ1) is 8.87. The smallest absolute Gasteiger partial charge is 0.227 e. The van der Waals surface area contributed by atoms with E-state index in [0.29, 0.717) is 19.6 Å². The molecule has 0 unspecified atom stereocenters. The lowest BCUT2D eigenvalue weighted by Gasteiger charge is -2.29. The molecular weight excluding hydrogens is 266 g/mol. The van der Waals surface area contributed by atoms with Crippen molar-refractivity contribution in [2.75, 3.05) is 24.6 Å². The van der Waals surface area contributed by atoms with Crippen molar-refractivity contribution in [3.05, 3.63) is 18.0 Å². The van der Waals surface area contributed by atoms with Crippen LogP contribution in [-0.4, -0.2) is 53.6 Å². The van der Waals surface area contributed by atoms with Gasteiger partial charge in [-0.25, -0.2) is 8.42 Å². The monoisotopic (exact) mass is 285 g/mol. The van der Waals surface area contributed by atoms with E-state index in [2.05, 4.69) is 5.10 Å². The highest BCUT2D eigenvalue weighted by Gasteiger charge is 2.27.